The highest BCUT2D eigenvalue weighted by Crippen LogP contribution is 2.15. The first-order chi connectivity index (χ1) is 7.52. The number of amides is 1. The van der Waals surface area contributed by atoms with E-state index in [0.717, 1.165) is 0 Å². The Labute approximate surface area is 95.5 Å². The summed E-state index contributed by atoms with van der Waals surface area (Å²) >= 11 is 0. The lowest BCUT2D eigenvalue weighted by Gasteiger charge is -2.15. The normalized spacial score (nSPS) is 14.2. The lowest BCUT2D eigenvalue weighted by atomic mass is 10.0. The minimum atomic E-state index is -0.231. The highest BCUT2D eigenvalue weighted by Gasteiger charge is 2.16. The standard InChI is InChI=1S/C12H18N2O2/c1-8(9(2)13)12(16)14-7-10-5-3-4-6-11(10)15/h3-6,8-9,15H,7,13H2,1-2H3,(H,14,16). The molecule has 0 heterocycles. The Morgan fingerprint density at radius 2 is 2.06 bits per heavy atom. The predicted octanol–water partition coefficient (Wildman–Crippen LogP) is 0.992. The molecule has 0 radical (unpaired) electrons. The van der Waals surface area contributed by atoms with Gasteiger partial charge in [0.2, 0.25) is 5.91 Å². The molecule has 0 aromatic heterocycles. The van der Waals surface area contributed by atoms with Gasteiger partial charge in [0.1, 0.15) is 5.75 Å². The lowest BCUT2D eigenvalue weighted by molar-refractivity contribution is -0.125. The number of nitrogens with one attached hydrogen (secondary N) is 1. The summed E-state index contributed by atoms with van der Waals surface area (Å²) in [5, 5.41) is 12.2. The molecule has 1 aromatic rings. The fourth-order valence-corrected chi connectivity index (χ4v) is 1.24. The molecule has 0 spiro atoms. The third kappa shape index (κ3) is 3.24. The fourth-order valence-electron chi connectivity index (χ4n) is 1.24. The van der Waals surface area contributed by atoms with Crippen molar-refractivity contribution in [3.8, 4) is 5.75 Å². The Morgan fingerprint density at radius 1 is 1.44 bits per heavy atom. The van der Waals surface area contributed by atoms with Gasteiger partial charge in [-0.3, -0.25) is 4.79 Å². The third-order valence-corrected chi connectivity index (χ3v) is 2.65. The predicted molar refractivity (Wildman–Crippen MR) is 62.8 cm³/mol. The summed E-state index contributed by atoms with van der Waals surface area (Å²) in [6.07, 6.45) is 0. The van der Waals surface area contributed by atoms with Gasteiger partial charge >= 0.3 is 0 Å². The summed E-state index contributed by atoms with van der Waals surface area (Å²) in [7, 11) is 0. The number of hydrogen-bond acceptors (Lipinski definition) is 3. The Hall–Kier alpha value is -1.55. The second kappa shape index (κ2) is 5.51. The van der Waals surface area contributed by atoms with Crippen LogP contribution in [-0.4, -0.2) is 17.1 Å². The summed E-state index contributed by atoms with van der Waals surface area (Å²) < 4.78 is 0. The maximum Gasteiger partial charge on any atom is 0.224 e. The monoisotopic (exact) mass is 222 g/mol. The van der Waals surface area contributed by atoms with Gasteiger partial charge in [-0.15, -0.1) is 0 Å². The number of hydrogen-bond donors (Lipinski definition) is 3. The second-order valence-electron chi connectivity index (χ2n) is 3.99. The third-order valence-electron chi connectivity index (χ3n) is 2.65. The molecule has 0 aliphatic rings. The van der Waals surface area contributed by atoms with Crippen molar-refractivity contribution in [2.45, 2.75) is 26.4 Å². The highest BCUT2D eigenvalue weighted by molar-refractivity contribution is 5.78. The van der Waals surface area contributed by atoms with Crippen molar-refractivity contribution in [3.05, 3.63) is 29.8 Å². The molecule has 0 fully saturated rings. The van der Waals surface area contributed by atoms with Gasteiger partial charge in [-0.25, -0.2) is 0 Å². The molecule has 1 amide bonds. The quantitative estimate of drug-likeness (QED) is 0.711. The molecule has 2 atom stereocenters. The Kier molecular flexibility index (Phi) is 4.31. The van der Waals surface area contributed by atoms with Gasteiger partial charge < -0.3 is 16.2 Å². The van der Waals surface area contributed by atoms with Crippen LogP contribution in [-0.2, 0) is 11.3 Å². The van der Waals surface area contributed by atoms with E-state index in [-0.39, 0.29) is 23.6 Å². The van der Waals surface area contributed by atoms with E-state index in [1.54, 1.807) is 32.0 Å². The van der Waals surface area contributed by atoms with Crippen molar-refractivity contribution >= 4 is 5.91 Å². The zero-order valence-corrected chi connectivity index (χ0v) is 9.60. The van der Waals surface area contributed by atoms with Crippen molar-refractivity contribution in [1.29, 1.82) is 0 Å². The number of phenols is 1. The van der Waals surface area contributed by atoms with Crippen LogP contribution in [0.3, 0.4) is 0 Å². The maximum atomic E-state index is 11.6. The van der Waals surface area contributed by atoms with E-state index in [1.165, 1.54) is 0 Å². The van der Waals surface area contributed by atoms with E-state index < -0.39 is 0 Å². The number of rotatable bonds is 4. The first-order valence-corrected chi connectivity index (χ1v) is 5.32. The van der Waals surface area contributed by atoms with Crippen molar-refractivity contribution in [2.24, 2.45) is 11.7 Å². The van der Waals surface area contributed by atoms with Gasteiger partial charge in [-0.2, -0.15) is 0 Å². The maximum absolute atomic E-state index is 11.6. The molecule has 88 valence electrons. The molecular weight excluding hydrogens is 204 g/mol. The average molecular weight is 222 g/mol. The molecule has 1 aromatic carbocycles. The number of carbonyl (C=O) groups excluding carboxylic acids is 1. The Balaban J connectivity index is 2.52. The number of aromatic hydroxyl groups is 1. The molecule has 2 unspecified atom stereocenters. The smallest absolute Gasteiger partial charge is 0.224 e. The van der Waals surface area contributed by atoms with E-state index in [0.29, 0.717) is 12.1 Å². The molecule has 16 heavy (non-hydrogen) atoms. The van der Waals surface area contributed by atoms with Crippen LogP contribution in [0.15, 0.2) is 24.3 Å². The summed E-state index contributed by atoms with van der Waals surface area (Å²) in [6.45, 7) is 3.90. The van der Waals surface area contributed by atoms with Crippen molar-refractivity contribution in [2.75, 3.05) is 0 Å². The molecule has 4 N–H and O–H groups in total. The highest BCUT2D eigenvalue weighted by atomic mass is 16.3. The number of phenolic OH excluding ortho intramolecular Hbond substituents is 1. The van der Waals surface area contributed by atoms with Gasteiger partial charge in [-0.05, 0) is 13.0 Å². The van der Waals surface area contributed by atoms with Crippen LogP contribution in [0.5, 0.6) is 5.75 Å². The van der Waals surface area contributed by atoms with Gasteiger partial charge in [0.05, 0.1) is 0 Å². The molecule has 4 nitrogen and oxygen atoms in total. The van der Waals surface area contributed by atoms with Crippen molar-refractivity contribution < 1.29 is 9.90 Å². The van der Waals surface area contributed by atoms with Crippen LogP contribution < -0.4 is 11.1 Å². The number of carbonyl (C=O) groups is 1. The zero-order chi connectivity index (χ0) is 12.1. The van der Waals surface area contributed by atoms with Crippen LogP contribution >= 0.6 is 0 Å². The number of nitrogens with two attached hydrogens (primary N) is 1. The minimum absolute atomic E-state index is 0.0988. The van der Waals surface area contributed by atoms with E-state index in [2.05, 4.69) is 5.32 Å². The first-order valence-electron chi connectivity index (χ1n) is 5.32. The SMILES string of the molecule is CC(N)C(C)C(=O)NCc1ccccc1O. The van der Waals surface area contributed by atoms with Gasteiger partial charge in [-0.1, -0.05) is 25.1 Å². The largest absolute Gasteiger partial charge is 0.508 e. The molecule has 0 aliphatic heterocycles. The second-order valence-corrected chi connectivity index (χ2v) is 3.99. The van der Waals surface area contributed by atoms with E-state index in [9.17, 15) is 9.90 Å². The van der Waals surface area contributed by atoms with Crippen LogP contribution in [0.2, 0.25) is 0 Å². The molecule has 1 rings (SSSR count). The molecular formula is C12H18N2O2. The van der Waals surface area contributed by atoms with Crippen molar-refractivity contribution in [1.82, 2.24) is 5.32 Å². The van der Waals surface area contributed by atoms with Gasteiger partial charge in [0, 0.05) is 24.1 Å². The summed E-state index contributed by atoms with van der Waals surface area (Å²) in [5.41, 5.74) is 6.33. The molecule has 0 bridgehead atoms. The van der Waals surface area contributed by atoms with Crippen LogP contribution in [0.25, 0.3) is 0 Å². The van der Waals surface area contributed by atoms with Crippen LogP contribution in [0, 0.1) is 5.92 Å². The zero-order valence-electron chi connectivity index (χ0n) is 9.60. The van der Waals surface area contributed by atoms with Gasteiger partial charge in [0.15, 0.2) is 0 Å². The lowest BCUT2D eigenvalue weighted by Crippen LogP contribution is -2.38. The first kappa shape index (κ1) is 12.5. The summed E-state index contributed by atoms with van der Waals surface area (Å²) in [6, 6.07) is 6.74. The van der Waals surface area contributed by atoms with Crippen LogP contribution in [0.4, 0.5) is 0 Å². The van der Waals surface area contributed by atoms with Gasteiger partial charge in [0.25, 0.3) is 0 Å². The van der Waals surface area contributed by atoms with E-state index in [4.69, 9.17) is 5.73 Å². The average Bonchev–Trinajstić information content (AvgIpc) is 2.26. The van der Waals surface area contributed by atoms with E-state index in [1.807, 2.05) is 6.07 Å². The van der Waals surface area contributed by atoms with Crippen molar-refractivity contribution in [3.63, 3.8) is 0 Å². The number of para-hydroxylation sites is 1. The topological polar surface area (TPSA) is 75.4 Å². The minimum Gasteiger partial charge on any atom is -0.508 e. The Bertz CT molecular complexity index is 364. The summed E-state index contributed by atoms with van der Waals surface area (Å²) in [5.74, 6) is -0.139. The fraction of sp³-hybridized carbons (Fsp3) is 0.417. The number of benzene rings is 1. The molecule has 0 aliphatic carbocycles. The Morgan fingerprint density at radius 3 is 2.62 bits per heavy atom. The van der Waals surface area contributed by atoms with Crippen LogP contribution in [0.1, 0.15) is 19.4 Å². The van der Waals surface area contributed by atoms with E-state index >= 15 is 0 Å². The molecule has 4 heteroatoms. The summed E-state index contributed by atoms with van der Waals surface area (Å²) in [4.78, 5) is 11.6. The molecule has 0 saturated carbocycles. The molecule has 0 saturated heterocycles.